The highest BCUT2D eigenvalue weighted by molar-refractivity contribution is 7.89. The van der Waals surface area contributed by atoms with Crippen molar-refractivity contribution in [2.45, 2.75) is 18.7 Å². The number of aromatic nitrogens is 2. The highest BCUT2D eigenvalue weighted by atomic mass is 32.2. The van der Waals surface area contributed by atoms with Crippen LogP contribution in [0.25, 0.3) is 0 Å². The third kappa shape index (κ3) is 3.51. The highest BCUT2D eigenvalue weighted by Gasteiger charge is 2.24. The van der Waals surface area contributed by atoms with Gasteiger partial charge in [-0.2, -0.15) is 5.10 Å². The monoisotopic (exact) mass is 338 g/mol. The Labute approximate surface area is 134 Å². The van der Waals surface area contributed by atoms with E-state index in [1.54, 1.807) is 33.0 Å². The fraction of sp³-hybridized carbons (Fsp3) is 0.286. The summed E-state index contributed by atoms with van der Waals surface area (Å²) >= 11 is 0. The van der Waals surface area contributed by atoms with Gasteiger partial charge in [0.1, 0.15) is 10.6 Å². The second kappa shape index (κ2) is 6.39. The molecule has 8 nitrogen and oxygen atoms in total. The number of nitrogens with zero attached hydrogens (tertiary/aromatic N) is 2. The summed E-state index contributed by atoms with van der Waals surface area (Å²) in [5, 5.41) is 4.05. The number of nitrogens with one attached hydrogen (secondary N) is 2. The SMILES string of the molecule is COc1ccc(C(=O)NNS(=O)(=O)c2c(C)nn(C)c2C)cc1. The number of carbonyl (C=O) groups excluding carboxylic acids is 1. The van der Waals surface area contributed by atoms with E-state index in [9.17, 15) is 13.2 Å². The third-order valence-electron chi connectivity index (χ3n) is 3.36. The Morgan fingerprint density at radius 1 is 1.22 bits per heavy atom. The van der Waals surface area contributed by atoms with Crippen LogP contribution in [0.1, 0.15) is 21.7 Å². The van der Waals surface area contributed by atoms with Gasteiger partial charge in [-0.1, -0.05) is 0 Å². The highest BCUT2D eigenvalue weighted by Crippen LogP contribution is 2.17. The number of aryl methyl sites for hydroxylation is 2. The van der Waals surface area contributed by atoms with E-state index in [4.69, 9.17) is 4.74 Å². The van der Waals surface area contributed by atoms with Gasteiger partial charge in [0.2, 0.25) is 0 Å². The molecular formula is C14H18N4O4S. The molecular weight excluding hydrogens is 320 g/mol. The molecule has 0 radical (unpaired) electrons. The van der Waals surface area contributed by atoms with E-state index in [0.717, 1.165) is 0 Å². The minimum absolute atomic E-state index is 0.0510. The average molecular weight is 338 g/mol. The van der Waals surface area contributed by atoms with E-state index in [1.165, 1.54) is 23.9 Å². The van der Waals surface area contributed by atoms with Crippen molar-refractivity contribution in [2.75, 3.05) is 7.11 Å². The molecule has 1 amide bonds. The second-order valence-corrected chi connectivity index (χ2v) is 6.53. The fourth-order valence-corrected chi connectivity index (χ4v) is 3.40. The summed E-state index contributed by atoms with van der Waals surface area (Å²) in [6, 6.07) is 6.28. The molecule has 1 aromatic carbocycles. The van der Waals surface area contributed by atoms with Gasteiger partial charge in [-0.25, -0.2) is 8.42 Å². The maximum absolute atomic E-state index is 12.3. The Morgan fingerprint density at radius 3 is 2.30 bits per heavy atom. The number of carbonyl (C=O) groups is 1. The molecule has 0 saturated heterocycles. The summed E-state index contributed by atoms with van der Waals surface area (Å²) in [7, 11) is -0.741. The van der Waals surface area contributed by atoms with Crippen LogP contribution in [-0.2, 0) is 17.1 Å². The number of hydrogen-bond acceptors (Lipinski definition) is 5. The smallest absolute Gasteiger partial charge is 0.266 e. The van der Waals surface area contributed by atoms with Crippen molar-refractivity contribution in [3.63, 3.8) is 0 Å². The summed E-state index contributed by atoms with van der Waals surface area (Å²) in [5.74, 6) is 0.0270. The first-order valence-electron chi connectivity index (χ1n) is 6.72. The lowest BCUT2D eigenvalue weighted by atomic mass is 10.2. The van der Waals surface area contributed by atoms with E-state index in [1.807, 2.05) is 0 Å². The van der Waals surface area contributed by atoms with Gasteiger partial charge in [0.25, 0.3) is 15.9 Å². The second-order valence-electron chi connectivity index (χ2n) is 4.91. The molecule has 124 valence electrons. The van der Waals surface area contributed by atoms with Gasteiger partial charge in [-0.15, -0.1) is 4.83 Å². The maximum atomic E-state index is 12.3. The van der Waals surface area contributed by atoms with Gasteiger partial charge in [0, 0.05) is 12.6 Å². The summed E-state index contributed by atoms with van der Waals surface area (Å²) in [5.41, 5.74) is 3.32. The molecule has 0 aliphatic carbocycles. The molecule has 0 aliphatic heterocycles. The molecule has 0 fully saturated rings. The van der Waals surface area contributed by atoms with Crippen LogP contribution in [0.2, 0.25) is 0 Å². The summed E-state index contributed by atoms with van der Waals surface area (Å²) in [6.45, 7) is 3.23. The quantitative estimate of drug-likeness (QED) is 0.780. The molecule has 23 heavy (non-hydrogen) atoms. The van der Waals surface area contributed by atoms with Gasteiger partial charge in [0.05, 0.1) is 18.5 Å². The van der Waals surface area contributed by atoms with Crippen LogP contribution in [0.15, 0.2) is 29.2 Å². The minimum atomic E-state index is -3.91. The van der Waals surface area contributed by atoms with Gasteiger partial charge in [-0.3, -0.25) is 14.9 Å². The lowest BCUT2D eigenvalue weighted by Crippen LogP contribution is -2.41. The average Bonchev–Trinajstić information content (AvgIpc) is 2.78. The lowest BCUT2D eigenvalue weighted by Gasteiger charge is -2.09. The minimum Gasteiger partial charge on any atom is -0.497 e. The maximum Gasteiger partial charge on any atom is 0.266 e. The fourth-order valence-electron chi connectivity index (χ4n) is 2.12. The zero-order chi connectivity index (χ0) is 17.2. The van der Waals surface area contributed by atoms with Crippen molar-refractivity contribution >= 4 is 15.9 Å². The molecule has 1 heterocycles. The van der Waals surface area contributed by atoms with Gasteiger partial charge < -0.3 is 4.74 Å². The Balaban J connectivity index is 2.13. The number of hydrazine groups is 1. The largest absolute Gasteiger partial charge is 0.497 e. The third-order valence-corrected chi connectivity index (χ3v) is 4.86. The van der Waals surface area contributed by atoms with Crippen LogP contribution in [0, 0.1) is 13.8 Å². The summed E-state index contributed by atoms with van der Waals surface area (Å²) in [6.07, 6.45) is 0. The molecule has 2 N–H and O–H groups in total. The standard InChI is InChI=1S/C14H18N4O4S/c1-9-13(10(2)18(3)16-9)23(20,21)17-15-14(19)11-5-7-12(22-4)8-6-11/h5-8,17H,1-4H3,(H,15,19). The van der Waals surface area contributed by atoms with Crippen LogP contribution in [0.4, 0.5) is 0 Å². The van der Waals surface area contributed by atoms with E-state index in [0.29, 0.717) is 22.7 Å². The molecule has 0 unspecified atom stereocenters. The zero-order valence-electron chi connectivity index (χ0n) is 13.2. The number of hydrogen-bond donors (Lipinski definition) is 2. The molecule has 0 saturated carbocycles. The Morgan fingerprint density at radius 2 is 1.83 bits per heavy atom. The van der Waals surface area contributed by atoms with Crippen LogP contribution in [0.3, 0.4) is 0 Å². The predicted octanol–water partition coefficient (Wildman–Crippen LogP) is 0.669. The van der Waals surface area contributed by atoms with Crippen molar-refractivity contribution in [1.82, 2.24) is 20.0 Å². The number of ether oxygens (including phenoxy) is 1. The van der Waals surface area contributed by atoms with Gasteiger partial charge in [-0.05, 0) is 38.1 Å². The van der Waals surface area contributed by atoms with Crippen LogP contribution >= 0.6 is 0 Å². The normalized spacial score (nSPS) is 11.3. The van der Waals surface area contributed by atoms with Gasteiger partial charge in [0.15, 0.2) is 0 Å². The van der Waals surface area contributed by atoms with E-state index in [-0.39, 0.29) is 4.90 Å². The first-order valence-corrected chi connectivity index (χ1v) is 8.21. The van der Waals surface area contributed by atoms with Crippen LogP contribution in [-0.4, -0.2) is 31.2 Å². The molecule has 2 rings (SSSR count). The van der Waals surface area contributed by atoms with Crippen LogP contribution in [0.5, 0.6) is 5.75 Å². The molecule has 2 aromatic rings. The van der Waals surface area contributed by atoms with Crippen molar-refractivity contribution in [2.24, 2.45) is 7.05 Å². The Kier molecular flexibility index (Phi) is 4.71. The summed E-state index contributed by atoms with van der Waals surface area (Å²) < 4.78 is 31.1. The van der Waals surface area contributed by atoms with E-state index >= 15 is 0 Å². The number of rotatable bonds is 5. The van der Waals surface area contributed by atoms with Gasteiger partial charge >= 0.3 is 0 Å². The number of methoxy groups -OCH3 is 1. The van der Waals surface area contributed by atoms with E-state index in [2.05, 4.69) is 15.4 Å². The number of sulfonamides is 1. The van der Waals surface area contributed by atoms with E-state index < -0.39 is 15.9 Å². The molecule has 0 atom stereocenters. The topological polar surface area (TPSA) is 102 Å². The Bertz CT molecular complexity index is 825. The lowest BCUT2D eigenvalue weighted by molar-refractivity contribution is 0.0945. The summed E-state index contributed by atoms with van der Waals surface area (Å²) in [4.78, 5) is 14.1. The van der Waals surface area contributed by atoms with Crippen molar-refractivity contribution in [3.05, 3.63) is 41.2 Å². The Hall–Kier alpha value is -2.39. The van der Waals surface area contributed by atoms with Crippen molar-refractivity contribution in [1.29, 1.82) is 0 Å². The first-order chi connectivity index (χ1) is 10.8. The number of benzene rings is 1. The molecule has 0 bridgehead atoms. The molecule has 0 spiro atoms. The van der Waals surface area contributed by atoms with Crippen LogP contribution < -0.4 is 15.0 Å². The zero-order valence-corrected chi connectivity index (χ0v) is 14.1. The van der Waals surface area contributed by atoms with Crippen molar-refractivity contribution < 1.29 is 17.9 Å². The van der Waals surface area contributed by atoms with Crippen molar-refractivity contribution in [3.8, 4) is 5.75 Å². The predicted molar refractivity (Wildman–Crippen MR) is 83.5 cm³/mol. The molecule has 9 heteroatoms. The molecule has 0 aliphatic rings. The first kappa shape index (κ1) is 17.0. The molecule has 1 aromatic heterocycles. The number of amides is 1.